The van der Waals surface area contributed by atoms with Gasteiger partial charge < -0.3 is 15.4 Å². The van der Waals surface area contributed by atoms with Gasteiger partial charge in [-0.2, -0.15) is 5.26 Å². The van der Waals surface area contributed by atoms with Gasteiger partial charge in [0.25, 0.3) is 0 Å². The van der Waals surface area contributed by atoms with E-state index in [9.17, 15) is 4.79 Å². The maximum absolute atomic E-state index is 11.5. The van der Waals surface area contributed by atoms with E-state index in [1.54, 1.807) is 6.92 Å². The first kappa shape index (κ1) is 16.5. The molecule has 5 nitrogen and oxygen atoms in total. The second-order valence-corrected chi connectivity index (χ2v) is 6.75. The monoisotopic (exact) mass is 279 g/mol. The summed E-state index contributed by atoms with van der Waals surface area (Å²) >= 11 is 0. The fourth-order valence-corrected chi connectivity index (χ4v) is 3.19. The first-order valence-corrected chi connectivity index (χ1v) is 6.85. The summed E-state index contributed by atoms with van der Waals surface area (Å²) in [7, 11) is 1.28. The van der Waals surface area contributed by atoms with Gasteiger partial charge in [-0.05, 0) is 47.5 Å². The summed E-state index contributed by atoms with van der Waals surface area (Å²) < 4.78 is 4.62. The lowest BCUT2D eigenvalue weighted by Crippen LogP contribution is -2.61. The second-order valence-electron chi connectivity index (χ2n) is 6.75. The van der Waals surface area contributed by atoms with Gasteiger partial charge in [-0.15, -0.1) is 0 Å². The zero-order chi connectivity index (χ0) is 15.6. The lowest BCUT2D eigenvalue weighted by Gasteiger charge is -2.47. The van der Waals surface area contributed by atoms with Gasteiger partial charge in [0, 0.05) is 22.8 Å². The molecule has 0 aliphatic carbocycles. The van der Waals surface area contributed by atoms with Crippen LogP contribution in [0.5, 0.6) is 0 Å². The van der Waals surface area contributed by atoms with E-state index in [-0.39, 0.29) is 22.7 Å². The van der Waals surface area contributed by atoms with Gasteiger partial charge >= 0.3 is 5.97 Å². The molecule has 0 atom stereocenters. The molecule has 1 heterocycles. The lowest BCUT2D eigenvalue weighted by atomic mass is 9.79. The Hall–Kier alpha value is -1.54. The van der Waals surface area contributed by atoms with Crippen molar-refractivity contribution in [1.82, 2.24) is 10.6 Å². The SMILES string of the molecule is COC(=O)/C(C#N)=C(\C)NC1CC(C)(C)NC(C)(C)C1. The van der Waals surface area contributed by atoms with Gasteiger partial charge in [-0.1, -0.05) is 0 Å². The molecule has 1 aliphatic rings. The van der Waals surface area contributed by atoms with Crippen molar-refractivity contribution in [2.24, 2.45) is 0 Å². The van der Waals surface area contributed by atoms with Crippen LogP contribution in [-0.2, 0) is 9.53 Å². The molecule has 0 spiro atoms. The summed E-state index contributed by atoms with van der Waals surface area (Å²) in [6.07, 6.45) is 1.85. The van der Waals surface area contributed by atoms with Crippen molar-refractivity contribution in [2.75, 3.05) is 7.11 Å². The number of hydrogen-bond acceptors (Lipinski definition) is 5. The smallest absolute Gasteiger partial charge is 0.350 e. The van der Waals surface area contributed by atoms with Gasteiger partial charge in [0.15, 0.2) is 5.57 Å². The third kappa shape index (κ3) is 4.24. The van der Waals surface area contributed by atoms with Crippen LogP contribution in [0.25, 0.3) is 0 Å². The number of nitrogens with one attached hydrogen (secondary N) is 2. The van der Waals surface area contributed by atoms with Gasteiger partial charge in [0.1, 0.15) is 6.07 Å². The molecule has 0 bridgehead atoms. The van der Waals surface area contributed by atoms with Crippen LogP contribution in [0, 0.1) is 11.3 Å². The molecule has 0 unspecified atom stereocenters. The Morgan fingerprint density at radius 1 is 1.30 bits per heavy atom. The van der Waals surface area contributed by atoms with Crippen LogP contribution in [0.4, 0.5) is 0 Å². The van der Waals surface area contributed by atoms with E-state index in [4.69, 9.17) is 5.26 Å². The number of allylic oxidation sites excluding steroid dienone is 1. The van der Waals surface area contributed by atoms with Crippen molar-refractivity contribution in [3.05, 3.63) is 11.3 Å². The van der Waals surface area contributed by atoms with Gasteiger partial charge in [0.05, 0.1) is 7.11 Å². The molecule has 1 saturated heterocycles. The number of rotatable bonds is 3. The minimum Gasteiger partial charge on any atom is -0.465 e. The lowest BCUT2D eigenvalue weighted by molar-refractivity contribution is -0.135. The molecule has 112 valence electrons. The molecule has 0 saturated carbocycles. The molecule has 1 aliphatic heterocycles. The number of hydrogen-bond donors (Lipinski definition) is 2. The summed E-state index contributed by atoms with van der Waals surface area (Å²) in [6.45, 7) is 10.4. The molecular weight excluding hydrogens is 254 g/mol. The van der Waals surface area contributed by atoms with Crippen LogP contribution in [0.1, 0.15) is 47.5 Å². The third-order valence-electron chi connectivity index (χ3n) is 3.49. The van der Waals surface area contributed by atoms with Crippen molar-refractivity contribution in [2.45, 2.75) is 64.6 Å². The van der Waals surface area contributed by atoms with Crippen molar-refractivity contribution >= 4 is 5.97 Å². The van der Waals surface area contributed by atoms with E-state index in [0.717, 1.165) is 12.8 Å². The normalized spacial score (nSPS) is 22.4. The van der Waals surface area contributed by atoms with E-state index in [2.05, 4.69) is 43.1 Å². The topological polar surface area (TPSA) is 74.2 Å². The number of methoxy groups -OCH3 is 1. The Balaban J connectivity index is 2.90. The summed E-state index contributed by atoms with van der Waals surface area (Å²) in [5, 5.41) is 16.0. The van der Waals surface area contributed by atoms with E-state index in [0.29, 0.717) is 5.70 Å². The Bertz CT molecular complexity index is 442. The number of esters is 1. The Morgan fingerprint density at radius 3 is 2.20 bits per heavy atom. The number of carbonyl (C=O) groups excluding carboxylic acids is 1. The second kappa shape index (κ2) is 5.84. The molecule has 5 heteroatoms. The molecular formula is C15H25N3O2. The van der Waals surface area contributed by atoms with Crippen LogP contribution >= 0.6 is 0 Å². The van der Waals surface area contributed by atoms with Crippen molar-refractivity contribution in [3.8, 4) is 6.07 Å². The van der Waals surface area contributed by atoms with Crippen molar-refractivity contribution < 1.29 is 9.53 Å². The summed E-state index contributed by atoms with van der Waals surface area (Å²) in [6, 6.07) is 2.13. The fourth-order valence-electron chi connectivity index (χ4n) is 3.19. The quantitative estimate of drug-likeness (QED) is 0.468. The predicted octanol–water partition coefficient (Wildman–Crippen LogP) is 1.86. The highest BCUT2D eigenvalue weighted by molar-refractivity contribution is 5.93. The van der Waals surface area contributed by atoms with Crippen LogP contribution < -0.4 is 10.6 Å². The molecule has 0 aromatic heterocycles. The minimum absolute atomic E-state index is 0.0117. The average Bonchev–Trinajstić information content (AvgIpc) is 2.24. The van der Waals surface area contributed by atoms with Crippen molar-refractivity contribution in [1.29, 1.82) is 5.26 Å². The van der Waals surface area contributed by atoms with Gasteiger partial charge in [-0.25, -0.2) is 4.79 Å². The standard InChI is InChI=1S/C15H25N3O2/c1-10(12(9-16)13(19)20-6)17-11-7-14(2,3)18-15(4,5)8-11/h11,17-18H,7-8H2,1-6H3/b12-10+. The van der Waals surface area contributed by atoms with Crippen LogP contribution in [-0.4, -0.2) is 30.2 Å². The molecule has 2 N–H and O–H groups in total. The minimum atomic E-state index is -0.593. The maximum atomic E-state index is 11.5. The van der Waals surface area contributed by atoms with Crippen molar-refractivity contribution in [3.63, 3.8) is 0 Å². The molecule has 1 fully saturated rings. The highest BCUT2D eigenvalue weighted by atomic mass is 16.5. The number of nitrogens with zero attached hydrogens (tertiary/aromatic N) is 1. The van der Waals surface area contributed by atoms with Crippen LogP contribution in [0.3, 0.4) is 0 Å². The fraction of sp³-hybridized carbons (Fsp3) is 0.733. The Kier molecular flexibility index (Phi) is 4.82. The Morgan fingerprint density at radius 2 is 1.80 bits per heavy atom. The maximum Gasteiger partial charge on any atom is 0.350 e. The largest absolute Gasteiger partial charge is 0.465 e. The summed E-state index contributed by atoms with van der Waals surface area (Å²) in [5.74, 6) is -0.593. The van der Waals surface area contributed by atoms with E-state index < -0.39 is 5.97 Å². The molecule has 20 heavy (non-hydrogen) atoms. The van der Waals surface area contributed by atoms with E-state index in [1.165, 1.54) is 7.11 Å². The zero-order valence-corrected chi connectivity index (χ0v) is 13.3. The number of piperidine rings is 1. The molecule has 0 radical (unpaired) electrons. The zero-order valence-electron chi connectivity index (χ0n) is 13.3. The van der Waals surface area contributed by atoms with Crippen LogP contribution in [0.15, 0.2) is 11.3 Å². The van der Waals surface area contributed by atoms with Gasteiger partial charge in [-0.3, -0.25) is 0 Å². The molecule has 0 aromatic carbocycles. The van der Waals surface area contributed by atoms with E-state index >= 15 is 0 Å². The highest BCUT2D eigenvalue weighted by Crippen LogP contribution is 2.29. The van der Waals surface area contributed by atoms with Gasteiger partial charge in [0.2, 0.25) is 0 Å². The summed E-state index contributed by atoms with van der Waals surface area (Å²) in [5.41, 5.74) is 0.648. The first-order valence-electron chi connectivity index (χ1n) is 6.85. The average molecular weight is 279 g/mol. The third-order valence-corrected chi connectivity index (χ3v) is 3.49. The molecule has 0 amide bonds. The number of nitriles is 1. The predicted molar refractivity (Wildman–Crippen MR) is 77.8 cm³/mol. The molecule has 0 aromatic rings. The molecule has 1 rings (SSSR count). The van der Waals surface area contributed by atoms with Crippen LogP contribution in [0.2, 0.25) is 0 Å². The summed E-state index contributed by atoms with van der Waals surface area (Å²) in [4.78, 5) is 11.5. The number of ether oxygens (including phenoxy) is 1. The number of carbonyl (C=O) groups is 1. The van der Waals surface area contributed by atoms with E-state index in [1.807, 2.05) is 6.07 Å². The Labute approximate surface area is 121 Å². The first-order chi connectivity index (χ1) is 9.10. The highest BCUT2D eigenvalue weighted by Gasteiger charge is 2.37.